The number of nitrogens with zero attached hydrogens (tertiary/aromatic N) is 2. The second-order valence-corrected chi connectivity index (χ2v) is 5.23. The number of fused-ring (bicyclic) bond motifs is 1. The van der Waals surface area contributed by atoms with Crippen molar-refractivity contribution in [2.45, 2.75) is 12.8 Å². The van der Waals surface area contributed by atoms with Gasteiger partial charge in [-0.1, -0.05) is 12.1 Å². The predicted molar refractivity (Wildman–Crippen MR) is 83.2 cm³/mol. The molecule has 2 aromatic rings. The van der Waals surface area contributed by atoms with Crippen LogP contribution < -0.4 is 16.0 Å². The minimum Gasteiger partial charge on any atom is -0.370 e. The zero-order valence-corrected chi connectivity index (χ0v) is 11.8. The highest BCUT2D eigenvalue weighted by atomic mass is 15.1. The molecule has 20 heavy (non-hydrogen) atoms. The Morgan fingerprint density at radius 2 is 1.75 bits per heavy atom. The van der Waals surface area contributed by atoms with Gasteiger partial charge in [-0.05, 0) is 44.0 Å². The fraction of sp³-hybridized carbons (Fsp3) is 0.467. The Morgan fingerprint density at radius 1 is 1.10 bits per heavy atom. The third-order valence-corrected chi connectivity index (χ3v) is 3.82. The summed E-state index contributed by atoms with van der Waals surface area (Å²) in [5, 5.41) is 9.98. The van der Waals surface area contributed by atoms with Gasteiger partial charge in [0, 0.05) is 13.6 Å². The van der Waals surface area contributed by atoms with E-state index in [1.807, 2.05) is 31.3 Å². The Balaban J connectivity index is 1.78. The molecule has 1 aromatic heterocycles. The van der Waals surface area contributed by atoms with Crippen LogP contribution in [-0.4, -0.2) is 36.6 Å². The molecule has 2 heterocycles. The number of benzene rings is 1. The number of anilines is 2. The first-order valence-electron chi connectivity index (χ1n) is 7.26. The van der Waals surface area contributed by atoms with Gasteiger partial charge in [0.25, 0.3) is 0 Å². The van der Waals surface area contributed by atoms with Gasteiger partial charge in [-0.3, -0.25) is 0 Å². The van der Waals surface area contributed by atoms with Crippen LogP contribution in [0, 0.1) is 5.92 Å². The van der Waals surface area contributed by atoms with Crippen LogP contribution in [0.2, 0.25) is 0 Å². The van der Waals surface area contributed by atoms with Crippen LogP contribution in [0.3, 0.4) is 0 Å². The molecular weight excluding hydrogens is 250 g/mol. The van der Waals surface area contributed by atoms with Crippen molar-refractivity contribution in [2.24, 2.45) is 5.92 Å². The van der Waals surface area contributed by atoms with Crippen LogP contribution in [-0.2, 0) is 0 Å². The van der Waals surface area contributed by atoms with Gasteiger partial charge in [0.05, 0.1) is 11.0 Å². The zero-order chi connectivity index (χ0) is 13.8. The maximum Gasteiger partial charge on any atom is 0.169 e. The summed E-state index contributed by atoms with van der Waals surface area (Å²) in [6.45, 7) is 3.20. The average molecular weight is 271 g/mol. The summed E-state index contributed by atoms with van der Waals surface area (Å²) in [7, 11) is 1.88. The molecule has 0 aliphatic carbocycles. The lowest BCUT2D eigenvalue weighted by molar-refractivity contribution is 0.389. The minimum absolute atomic E-state index is 0.717. The monoisotopic (exact) mass is 271 g/mol. The van der Waals surface area contributed by atoms with Crippen LogP contribution >= 0.6 is 0 Å². The quantitative estimate of drug-likeness (QED) is 0.795. The lowest BCUT2D eigenvalue weighted by Gasteiger charge is -2.23. The third-order valence-electron chi connectivity index (χ3n) is 3.82. The summed E-state index contributed by atoms with van der Waals surface area (Å²) in [4.78, 5) is 9.29. The van der Waals surface area contributed by atoms with Crippen molar-refractivity contribution >= 4 is 22.7 Å². The van der Waals surface area contributed by atoms with E-state index in [9.17, 15) is 0 Å². The molecule has 3 rings (SSSR count). The first kappa shape index (κ1) is 13.1. The maximum atomic E-state index is 4.68. The number of rotatable bonds is 4. The molecule has 106 valence electrons. The zero-order valence-electron chi connectivity index (χ0n) is 11.8. The molecule has 0 saturated carbocycles. The highest BCUT2D eigenvalue weighted by Gasteiger charge is 2.14. The van der Waals surface area contributed by atoms with Gasteiger partial charge in [-0.25, -0.2) is 9.97 Å². The lowest BCUT2D eigenvalue weighted by atomic mass is 9.98. The molecule has 0 radical (unpaired) electrons. The summed E-state index contributed by atoms with van der Waals surface area (Å²) >= 11 is 0. The molecule has 1 aliphatic rings. The molecule has 3 N–H and O–H groups in total. The second kappa shape index (κ2) is 6.05. The van der Waals surface area contributed by atoms with E-state index in [2.05, 4.69) is 25.9 Å². The Bertz CT molecular complexity index is 577. The van der Waals surface area contributed by atoms with E-state index >= 15 is 0 Å². The normalized spacial score (nSPS) is 16.2. The van der Waals surface area contributed by atoms with Crippen molar-refractivity contribution in [3.63, 3.8) is 0 Å². The molecule has 1 fully saturated rings. The SMILES string of the molecule is CNc1nc2ccccc2nc1NCC1CCNCC1. The standard InChI is InChI=1S/C15H21N5/c1-16-14-15(18-10-11-6-8-17-9-7-11)20-13-5-3-2-4-12(13)19-14/h2-5,11,17H,6-10H2,1H3,(H,16,19)(H,18,20). The van der Waals surface area contributed by atoms with E-state index < -0.39 is 0 Å². The Kier molecular flexibility index (Phi) is 3.97. The van der Waals surface area contributed by atoms with Crippen molar-refractivity contribution in [3.8, 4) is 0 Å². The average Bonchev–Trinajstić information content (AvgIpc) is 2.53. The van der Waals surface area contributed by atoms with Gasteiger partial charge in [0.1, 0.15) is 0 Å². The number of aromatic nitrogens is 2. The molecule has 0 atom stereocenters. The number of hydrogen-bond acceptors (Lipinski definition) is 5. The van der Waals surface area contributed by atoms with Crippen molar-refractivity contribution in [1.82, 2.24) is 15.3 Å². The van der Waals surface area contributed by atoms with Gasteiger partial charge < -0.3 is 16.0 Å². The predicted octanol–water partition coefficient (Wildman–Crippen LogP) is 2.08. The Labute approximate surface area is 119 Å². The third kappa shape index (κ3) is 2.82. The highest BCUT2D eigenvalue weighted by Crippen LogP contribution is 2.22. The van der Waals surface area contributed by atoms with E-state index in [0.29, 0.717) is 5.92 Å². The molecule has 1 saturated heterocycles. The molecule has 5 nitrogen and oxygen atoms in total. The summed E-state index contributed by atoms with van der Waals surface area (Å²) < 4.78 is 0. The molecule has 0 spiro atoms. The van der Waals surface area contributed by atoms with Crippen molar-refractivity contribution in [3.05, 3.63) is 24.3 Å². The largest absolute Gasteiger partial charge is 0.370 e. The summed E-state index contributed by atoms with van der Waals surface area (Å²) in [6.07, 6.45) is 2.45. The smallest absolute Gasteiger partial charge is 0.169 e. The summed E-state index contributed by atoms with van der Waals surface area (Å²) in [5.74, 6) is 2.39. The van der Waals surface area contributed by atoms with Gasteiger partial charge >= 0.3 is 0 Å². The number of hydrogen-bond donors (Lipinski definition) is 3. The van der Waals surface area contributed by atoms with Gasteiger partial charge in [0.2, 0.25) is 0 Å². The first-order chi connectivity index (χ1) is 9.86. The van der Waals surface area contributed by atoms with Crippen molar-refractivity contribution < 1.29 is 0 Å². The lowest BCUT2D eigenvalue weighted by Crippen LogP contribution is -2.31. The van der Waals surface area contributed by atoms with Crippen LogP contribution in [0.25, 0.3) is 11.0 Å². The van der Waals surface area contributed by atoms with E-state index in [-0.39, 0.29) is 0 Å². The van der Waals surface area contributed by atoms with E-state index in [4.69, 9.17) is 0 Å². The maximum absolute atomic E-state index is 4.68. The Hall–Kier alpha value is -1.88. The summed E-state index contributed by atoms with van der Waals surface area (Å²) in [6, 6.07) is 7.96. The first-order valence-corrected chi connectivity index (χ1v) is 7.26. The second-order valence-electron chi connectivity index (χ2n) is 5.23. The number of nitrogens with one attached hydrogen (secondary N) is 3. The van der Waals surface area contributed by atoms with Crippen molar-refractivity contribution in [2.75, 3.05) is 37.3 Å². The minimum atomic E-state index is 0.717. The highest BCUT2D eigenvalue weighted by molar-refractivity contribution is 5.80. The molecule has 0 unspecified atom stereocenters. The van der Waals surface area contributed by atoms with Crippen molar-refractivity contribution in [1.29, 1.82) is 0 Å². The summed E-state index contributed by atoms with van der Waals surface area (Å²) in [5.41, 5.74) is 1.85. The molecule has 0 amide bonds. The molecular formula is C15H21N5. The fourth-order valence-electron chi connectivity index (χ4n) is 2.62. The van der Waals surface area contributed by atoms with Gasteiger partial charge in [0.15, 0.2) is 11.6 Å². The van der Waals surface area contributed by atoms with Gasteiger partial charge in [-0.15, -0.1) is 0 Å². The molecule has 1 aliphatic heterocycles. The van der Waals surface area contributed by atoms with E-state index in [1.54, 1.807) is 0 Å². The van der Waals surface area contributed by atoms with Crippen LogP contribution in [0.5, 0.6) is 0 Å². The molecule has 5 heteroatoms. The number of piperidine rings is 1. The molecule has 0 bridgehead atoms. The molecule has 1 aromatic carbocycles. The van der Waals surface area contributed by atoms with Crippen LogP contribution in [0.15, 0.2) is 24.3 Å². The van der Waals surface area contributed by atoms with E-state index in [1.165, 1.54) is 12.8 Å². The van der Waals surface area contributed by atoms with Crippen LogP contribution in [0.1, 0.15) is 12.8 Å². The fourth-order valence-corrected chi connectivity index (χ4v) is 2.62. The van der Waals surface area contributed by atoms with Crippen LogP contribution in [0.4, 0.5) is 11.6 Å². The van der Waals surface area contributed by atoms with Gasteiger partial charge in [-0.2, -0.15) is 0 Å². The van der Waals surface area contributed by atoms with E-state index in [0.717, 1.165) is 42.3 Å². The topological polar surface area (TPSA) is 61.9 Å². The Morgan fingerprint density at radius 3 is 2.40 bits per heavy atom. The number of para-hydroxylation sites is 2.